The standard InChI is InChI=1S/C24H35N3O7/c1-14-4-5-18-15(2)21(31-22-24(18)17(14)8-10-23(3,32-22)33-34-24)30-20(29)7-6-19(28)26-11-9-16-12-25-13-27-16/h12-15,17-18,21-22H,4-11H2,1-3H3,(H,25,27)(H,26,28)/t14-,15-,17-,18-,21-,22-,23-,24-/m1/s1. The zero-order valence-corrected chi connectivity index (χ0v) is 20.1. The molecule has 1 aromatic rings. The Morgan fingerprint density at radius 3 is 2.85 bits per heavy atom. The van der Waals surface area contributed by atoms with Gasteiger partial charge in [-0.2, -0.15) is 0 Å². The van der Waals surface area contributed by atoms with Crippen LogP contribution in [0.1, 0.15) is 65.0 Å². The van der Waals surface area contributed by atoms with Crippen molar-refractivity contribution in [2.75, 3.05) is 6.54 Å². The number of esters is 1. The van der Waals surface area contributed by atoms with Gasteiger partial charge in [-0.05, 0) is 38.0 Å². The molecule has 0 aromatic carbocycles. The van der Waals surface area contributed by atoms with Gasteiger partial charge in [0.1, 0.15) is 0 Å². The molecule has 5 fully saturated rings. The molecule has 6 rings (SSSR count). The van der Waals surface area contributed by atoms with E-state index >= 15 is 0 Å². The fourth-order valence-electron chi connectivity index (χ4n) is 6.26. The average Bonchev–Trinajstić information content (AvgIpc) is 3.22. The minimum atomic E-state index is -0.874. The Morgan fingerprint density at radius 2 is 2.06 bits per heavy atom. The lowest BCUT2D eigenvalue weighted by atomic mass is 9.58. The van der Waals surface area contributed by atoms with Crippen LogP contribution < -0.4 is 5.32 Å². The van der Waals surface area contributed by atoms with E-state index in [1.54, 1.807) is 12.5 Å². The summed E-state index contributed by atoms with van der Waals surface area (Å²) in [4.78, 5) is 43.6. The van der Waals surface area contributed by atoms with Crippen LogP contribution in [0.3, 0.4) is 0 Å². The van der Waals surface area contributed by atoms with Gasteiger partial charge in [0.25, 0.3) is 0 Å². The number of hydrogen-bond acceptors (Lipinski definition) is 8. The summed E-state index contributed by atoms with van der Waals surface area (Å²) < 4.78 is 18.3. The number of nitrogens with zero attached hydrogens (tertiary/aromatic N) is 1. The minimum absolute atomic E-state index is 0.0131. The number of hydrogen-bond donors (Lipinski definition) is 2. The number of carbonyl (C=O) groups is 2. The summed E-state index contributed by atoms with van der Waals surface area (Å²) in [6, 6.07) is 0. The predicted octanol–water partition coefficient (Wildman–Crippen LogP) is 2.60. The van der Waals surface area contributed by atoms with Gasteiger partial charge in [-0.15, -0.1) is 0 Å². The minimum Gasteiger partial charge on any atom is -0.435 e. The number of fused-ring (bicyclic) bond motifs is 2. The molecule has 34 heavy (non-hydrogen) atoms. The van der Waals surface area contributed by atoms with Crippen LogP contribution >= 0.6 is 0 Å². The number of aromatic nitrogens is 2. The third-order valence-corrected chi connectivity index (χ3v) is 8.17. The van der Waals surface area contributed by atoms with E-state index in [1.807, 2.05) is 13.8 Å². The van der Waals surface area contributed by atoms with Crippen LogP contribution in [-0.4, -0.2) is 52.4 Å². The second-order valence-corrected chi connectivity index (χ2v) is 10.4. The molecule has 0 radical (unpaired) electrons. The first-order chi connectivity index (χ1) is 16.3. The molecule has 4 saturated heterocycles. The number of aromatic amines is 1. The number of rotatable bonds is 7. The van der Waals surface area contributed by atoms with E-state index in [0.717, 1.165) is 31.4 Å². The van der Waals surface area contributed by atoms with Crippen molar-refractivity contribution < 1.29 is 33.6 Å². The van der Waals surface area contributed by atoms with Gasteiger partial charge in [0, 0.05) is 49.5 Å². The molecule has 0 unspecified atom stereocenters. The molecule has 188 valence electrons. The predicted molar refractivity (Wildman–Crippen MR) is 117 cm³/mol. The Kier molecular flexibility index (Phi) is 6.43. The lowest BCUT2D eigenvalue weighted by Crippen LogP contribution is -2.70. The largest absolute Gasteiger partial charge is 0.435 e. The molecule has 2 bridgehead atoms. The van der Waals surface area contributed by atoms with E-state index in [9.17, 15) is 9.59 Å². The van der Waals surface area contributed by atoms with Gasteiger partial charge >= 0.3 is 5.97 Å². The van der Waals surface area contributed by atoms with Crippen LogP contribution in [0.25, 0.3) is 0 Å². The first kappa shape index (κ1) is 23.7. The third kappa shape index (κ3) is 4.25. The molecule has 2 N–H and O–H groups in total. The number of ether oxygens (including phenoxy) is 3. The van der Waals surface area contributed by atoms with Crippen molar-refractivity contribution in [3.63, 3.8) is 0 Å². The summed E-state index contributed by atoms with van der Waals surface area (Å²) in [6.45, 7) is 6.63. The SMILES string of the molecule is C[C@H]1[C@H](OC(=O)CCC(=O)NCCc2cnc[nH]2)O[C@@H]2O[C@@]3(C)CC[C@@H]4[C@H](C)CC[C@H]1[C@@]24OO3. The van der Waals surface area contributed by atoms with Crippen molar-refractivity contribution in [1.29, 1.82) is 0 Å². The summed E-state index contributed by atoms with van der Waals surface area (Å²) >= 11 is 0. The van der Waals surface area contributed by atoms with Crippen LogP contribution in [-0.2, 0) is 40.0 Å². The Balaban J connectivity index is 1.18. The van der Waals surface area contributed by atoms with Crippen LogP contribution in [0.4, 0.5) is 0 Å². The highest BCUT2D eigenvalue weighted by Gasteiger charge is 2.69. The summed E-state index contributed by atoms with van der Waals surface area (Å²) in [5, 5.41) is 2.81. The topological polar surface area (TPSA) is 121 Å². The van der Waals surface area contributed by atoms with Crippen molar-refractivity contribution in [2.24, 2.45) is 23.7 Å². The first-order valence-corrected chi connectivity index (χ1v) is 12.4. The van der Waals surface area contributed by atoms with Crippen molar-refractivity contribution in [1.82, 2.24) is 15.3 Å². The highest BCUT2D eigenvalue weighted by Crippen LogP contribution is 2.60. The van der Waals surface area contributed by atoms with Gasteiger partial charge < -0.3 is 24.5 Å². The number of amides is 1. The molecule has 5 aliphatic rings. The van der Waals surface area contributed by atoms with E-state index in [1.165, 1.54) is 0 Å². The van der Waals surface area contributed by atoms with Crippen LogP contribution in [0.15, 0.2) is 12.5 Å². The molecule has 1 aliphatic carbocycles. The molecule has 5 heterocycles. The van der Waals surface area contributed by atoms with E-state index in [-0.39, 0.29) is 36.5 Å². The lowest BCUT2D eigenvalue weighted by Gasteiger charge is -2.59. The van der Waals surface area contributed by atoms with E-state index < -0.39 is 29.9 Å². The molecular formula is C24H35N3O7. The van der Waals surface area contributed by atoms with Gasteiger partial charge in [0.2, 0.25) is 18.0 Å². The zero-order chi connectivity index (χ0) is 23.9. The van der Waals surface area contributed by atoms with Crippen LogP contribution in [0.2, 0.25) is 0 Å². The Labute approximate surface area is 199 Å². The number of H-pyrrole nitrogens is 1. The smallest absolute Gasteiger partial charge is 0.308 e. The summed E-state index contributed by atoms with van der Waals surface area (Å²) in [5.41, 5.74) is 0.253. The molecule has 4 aliphatic heterocycles. The maximum absolute atomic E-state index is 12.6. The second-order valence-electron chi connectivity index (χ2n) is 10.4. The fourth-order valence-corrected chi connectivity index (χ4v) is 6.26. The van der Waals surface area contributed by atoms with Gasteiger partial charge in [-0.1, -0.05) is 13.8 Å². The highest BCUT2D eigenvalue weighted by atomic mass is 17.3. The van der Waals surface area contributed by atoms with Crippen molar-refractivity contribution in [3.05, 3.63) is 18.2 Å². The molecule has 1 amide bonds. The molecular weight excluding hydrogens is 442 g/mol. The molecule has 1 spiro atoms. The fraction of sp³-hybridized carbons (Fsp3) is 0.792. The van der Waals surface area contributed by atoms with E-state index in [4.69, 9.17) is 24.0 Å². The number of imidazole rings is 1. The van der Waals surface area contributed by atoms with Gasteiger partial charge in [-0.3, -0.25) is 9.59 Å². The zero-order valence-electron chi connectivity index (χ0n) is 20.1. The van der Waals surface area contributed by atoms with Crippen molar-refractivity contribution in [3.8, 4) is 0 Å². The van der Waals surface area contributed by atoms with Crippen molar-refractivity contribution in [2.45, 2.75) is 89.7 Å². The number of nitrogens with one attached hydrogen (secondary N) is 2. The maximum Gasteiger partial charge on any atom is 0.308 e. The third-order valence-electron chi connectivity index (χ3n) is 8.17. The Bertz CT molecular complexity index is 895. The highest BCUT2D eigenvalue weighted by molar-refractivity contribution is 5.81. The summed E-state index contributed by atoms with van der Waals surface area (Å²) in [6.07, 6.45) is 6.28. The molecule has 1 saturated carbocycles. The van der Waals surface area contributed by atoms with Crippen molar-refractivity contribution >= 4 is 11.9 Å². The summed E-state index contributed by atoms with van der Waals surface area (Å²) in [5.74, 6) is -0.814. The number of carbonyl (C=O) groups excluding carboxylic acids is 2. The molecule has 1 aromatic heterocycles. The van der Waals surface area contributed by atoms with E-state index in [0.29, 0.717) is 18.9 Å². The lowest BCUT2D eigenvalue weighted by molar-refractivity contribution is -0.576. The van der Waals surface area contributed by atoms with E-state index in [2.05, 4.69) is 22.2 Å². The van der Waals surface area contributed by atoms with Crippen LogP contribution in [0, 0.1) is 23.7 Å². The van der Waals surface area contributed by atoms with Gasteiger partial charge in [0.15, 0.2) is 11.9 Å². The molecule has 8 atom stereocenters. The average molecular weight is 478 g/mol. The normalized spacial score (nSPS) is 40.8. The Morgan fingerprint density at radius 1 is 1.21 bits per heavy atom. The van der Waals surface area contributed by atoms with Crippen LogP contribution in [0.5, 0.6) is 0 Å². The monoisotopic (exact) mass is 477 g/mol. The van der Waals surface area contributed by atoms with Gasteiger partial charge in [-0.25, -0.2) is 14.8 Å². The molecule has 10 heteroatoms. The molecule has 10 nitrogen and oxygen atoms in total. The van der Waals surface area contributed by atoms with Gasteiger partial charge in [0.05, 0.1) is 12.7 Å². The second kappa shape index (κ2) is 9.22. The first-order valence-electron chi connectivity index (χ1n) is 12.4. The Hall–Kier alpha value is -2.01. The maximum atomic E-state index is 12.6. The summed E-state index contributed by atoms with van der Waals surface area (Å²) in [7, 11) is 0. The quantitative estimate of drug-likeness (QED) is 0.454.